The van der Waals surface area contributed by atoms with Crippen LogP contribution in [0.1, 0.15) is 12.5 Å². The van der Waals surface area contributed by atoms with Gasteiger partial charge in [-0.2, -0.15) is 5.26 Å². The van der Waals surface area contributed by atoms with Gasteiger partial charge in [0.2, 0.25) is 0 Å². The topological polar surface area (TPSA) is 59.3 Å². The van der Waals surface area contributed by atoms with Crippen LogP contribution in [0.15, 0.2) is 60.7 Å². The van der Waals surface area contributed by atoms with Crippen LogP contribution in [0.3, 0.4) is 0 Å². The highest BCUT2D eigenvalue weighted by Crippen LogP contribution is 2.24. The maximum Gasteiger partial charge on any atom is 0.338 e. The lowest BCUT2D eigenvalue weighted by molar-refractivity contribution is -0.130. The Kier molecular flexibility index (Phi) is 4.37. The summed E-state index contributed by atoms with van der Waals surface area (Å²) in [6.45, 7) is 5.10. The quantitative estimate of drug-likeness (QED) is 0.485. The number of nitrogens with zero attached hydrogens (tertiary/aromatic N) is 1. The lowest BCUT2D eigenvalue weighted by Crippen LogP contribution is -2.07. The third-order valence-corrected chi connectivity index (χ3v) is 2.60. The van der Waals surface area contributed by atoms with Crippen LogP contribution in [0.4, 0.5) is 0 Å². The van der Waals surface area contributed by atoms with E-state index in [0.717, 1.165) is 0 Å². The van der Waals surface area contributed by atoms with Crippen LogP contribution >= 0.6 is 0 Å². The van der Waals surface area contributed by atoms with Crippen molar-refractivity contribution in [1.29, 1.82) is 5.26 Å². The Morgan fingerprint density at radius 2 is 1.48 bits per heavy atom. The molecule has 0 amide bonds. The molecule has 0 aromatic heterocycles. The minimum atomic E-state index is -0.462. The molecular formula is C17H13NO3. The van der Waals surface area contributed by atoms with E-state index in [1.807, 2.05) is 6.07 Å². The van der Waals surface area contributed by atoms with E-state index in [0.29, 0.717) is 28.4 Å². The first-order valence-corrected chi connectivity index (χ1v) is 6.24. The van der Waals surface area contributed by atoms with E-state index >= 15 is 0 Å². The monoisotopic (exact) mass is 279 g/mol. The molecule has 0 heterocycles. The number of ether oxygens (including phenoxy) is 2. The molecule has 21 heavy (non-hydrogen) atoms. The summed E-state index contributed by atoms with van der Waals surface area (Å²) < 4.78 is 10.7. The predicted octanol–water partition coefficient (Wildman–Crippen LogP) is 3.83. The molecule has 0 saturated carbocycles. The Labute approximate surface area is 122 Å². The fourth-order valence-electron chi connectivity index (χ4n) is 1.50. The van der Waals surface area contributed by atoms with Crippen molar-refractivity contribution in [2.75, 3.05) is 0 Å². The number of hydrogen-bond donors (Lipinski definition) is 0. The van der Waals surface area contributed by atoms with Gasteiger partial charge in [0.05, 0.1) is 11.6 Å². The Morgan fingerprint density at radius 3 is 1.95 bits per heavy atom. The van der Waals surface area contributed by atoms with Gasteiger partial charge < -0.3 is 9.47 Å². The van der Waals surface area contributed by atoms with E-state index < -0.39 is 5.97 Å². The third kappa shape index (κ3) is 3.95. The largest absolute Gasteiger partial charge is 0.457 e. The van der Waals surface area contributed by atoms with E-state index in [-0.39, 0.29) is 0 Å². The molecule has 0 bridgehead atoms. The van der Waals surface area contributed by atoms with Crippen LogP contribution in [0, 0.1) is 11.3 Å². The fraction of sp³-hybridized carbons (Fsp3) is 0.0588. The van der Waals surface area contributed by atoms with E-state index in [4.69, 9.17) is 14.7 Å². The number of benzene rings is 2. The molecule has 0 fully saturated rings. The highest BCUT2D eigenvalue weighted by Gasteiger charge is 2.05. The van der Waals surface area contributed by atoms with Crippen molar-refractivity contribution in [3.05, 3.63) is 66.2 Å². The van der Waals surface area contributed by atoms with Crippen LogP contribution < -0.4 is 9.47 Å². The Balaban J connectivity index is 2.03. The average Bonchev–Trinajstić information content (AvgIpc) is 2.50. The van der Waals surface area contributed by atoms with Gasteiger partial charge in [0, 0.05) is 5.57 Å². The van der Waals surface area contributed by atoms with Gasteiger partial charge in [0.25, 0.3) is 0 Å². The van der Waals surface area contributed by atoms with Crippen LogP contribution in [0.2, 0.25) is 0 Å². The van der Waals surface area contributed by atoms with E-state index in [9.17, 15) is 4.79 Å². The number of esters is 1. The van der Waals surface area contributed by atoms with Gasteiger partial charge in [-0.25, -0.2) is 4.79 Å². The molecule has 104 valence electrons. The summed E-state index contributed by atoms with van der Waals surface area (Å²) >= 11 is 0. The molecule has 0 radical (unpaired) electrons. The molecule has 0 aliphatic carbocycles. The smallest absolute Gasteiger partial charge is 0.338 e. The number of carbonyl (C=O) groups is 1. The zero-order chi connectivity index (χ0) is 15.2. The normalized spacial score (nSPS) is 9.52. The van der Waals surface area contributed by atoms with Crippen molar-refractivity contribution < 1.29 is 14.3 Å². The first-order valence-electron chi connectivity index (χ1n) is 6.24. The molecule has 4 nitrogen and oxygen atoms in total. The van der Waals surface area contributed by atoms with Gasteiger partial charge in [-0.05, 0) is 55.5 Å². The van der Waals surface area contributed by atoms with Gasteiger partial charge in [-0.3, -0.25) is 0 Å². The van der Waals surface area contributed by atoms with Crippen molar-refractivity contribution in [2.24, 2.45) is 0 Å². The molecule has 0 spiro atoms. The SMILES string of the molecule is C=C(C)C(=O)Oc1ccc(Oc2ccc(C#N)cc2)cc1. The molecule has 0 atom stereocenters. The summed E-state index contributed by atoms with van der Waals surface area (Å²) in [5.41, 5.74) is 0.914. The molecule has 0 saturated heterocycles. The van der Waals surface area contributed by atoms with Crippen molar-refractivity contribution in [2.45, 2.75) is 6.92 Å². The minimum absolute atomic E-state index is 0.341. The number of rotatable bonds is 4. The predicted molar refractivity (Wildman–Crippen MR) is 78.1 cm³/mol. The first kappa shape index (κ1) is 14.4. The maximum absolute atomic E-state index is 11.4. The zero-order valence-electron chi connectivity index (χ0n) is 11.5. The molecule has 0 unspecified atom stereocenters. The third-order valence-electron chi connectivity index (χ3n) is 2.60. The summed E-state index contributed by atoms with van der Waals surface area (Å²) in [7, 11) is 0. The van der Waals surface area contributed by atoms with Crippen molar-refractivity contribution in [3.63, 3.8) is 0 Å². The number of nitriles is 1. The van der Waals surface area contributed by atoms with Gasteiger partial charge in [-0.1, -0.05) is 6.58 Å². The number of carbonyl (C=O) groups excluding carboxylic acids is 1. The van der Waals surface area contributed by atoms with Gasteiger partial charge in [0.1, 0.15) is 17.2 Å². The zero-order valence-corrected chi connectivity index (χ0v) is 11.5. The lowest BCUT2D eigenvalue weighted by Gasteiger charge is -2.07. The second-order valence-corrected chi connectivity index (χ2v) is 4.38. The Bertz CT molecular complexity index is 694. The van der Waals surface area contributed by atoms with Crippen LogP contribution in [0.25, 0.3) is 0 Å². The molecule has 2 rings (SSSR count). The van der Waals surface area contributed by atoms with E-state index in [1.165, 1.54) is 0 Å². The van der Waals surface area contributed by atoms with E-state index in [1.54, 1.807) is 55.5 Å². The molecule has 4 heteroatoms. The van der Waals surface area contributed by atoms with Crippen LogP contribution in [-0.2, 0) is 4.79 Å². The maximum atomic E-state index is 11.4. The summed E-state index contributed by atoms with van der Waals surface area (Å²) in [6, 6.07) is 15.5. The molecule has 2 aromatic carbocycles. The molecule has 0 N–H and O–H groups in total. The standard InChI is InChI=1S/C17H13NO3/c1-12(2)17(19)21-16-9-7-15(8-10-16)20-14-5-3-13(11-18)4-6-14/h3-10H,1H2,2H3. The molecule has 2 aromatic rings. The summed E-state index contributed by atoms with van der Waals surface area (Å²) in [4.78, 5) is 11.4. The Hall–Kier alpha value is -3.06. The van der Waals surface area contributed by atoms with Gasteiger partial charge in [-0.15, -0.1) is 0 Å². The van der Waals surface area contributed by atoms with Crippen molar-refractivity contribution >= 4 is 5.97 Å². The van der Waals surface area contributed by atoms with Crippen molar-refractivity contribution in [3.8, 4) is 23.3 Å². The fourth-order valence-corrected chi connectivity index (χ4v) is 1.50. The van der Waals surface area contributed by atoms with Crippen LogP contribution in [-0.4, -0.2) is 5.97 Å². The highest BCUT2D eigenvalue weighted by atomic mass is 16.5. The summed E-state index contributed by atoms with van der Waals surface area (Å²) in [5.74, 6) is 1.20. The second kappa shape index (κ2) is 6.40. The summed E-state index contributed by atoms with van der Waals surface area (Å²) in [6.07, 6.45) is 0. The van der Waals surface area contributed by atoms with E-state index in [2.05, 4.69) is 6.58 Å². The van der Waals surface area contributed by atoms with Gasteiger partial charge >= 0.3 is 5.97 Å². The molecule has 0 aliphatic heterocycles. The summed E-state index contributed by atoms with van der Waals surface area (Å²) in [5, 5.41) is 8.72. The van der Waals surface area contributed by atoms with Crippen LogP contribution in [0.5, 0.6) is 17.2 Å². The van der Waals surface area contributed by atoms with Gasteiger partial charge in [0.15, 0.2) is 0 Å². The Morgan fingerprint density at radius 1 is 1.00 bits per heavy atom. The molecule has 0 aliphatic rings. The second-order valence-electron chi connectivity index (χ2n) is 4.38. The molecular weight excluding hydrogens is 266 g/mol. The lowest BCUT2D eigenvalue weighted by atomic mass is 10.2. The highest BCUT2D eigenvalue weighted by molar-refractivity contribution is 5.88. The first-order chi connectivity index (χ1) is 10.1. The van der Waals surface area contributed by atoms with Crippen molar-refractivity contribution in [1.82, 2.24) is 0 Å². The number of hydrogen-bond acceptors (Lipinski definition) is 4. The minimum Gasteiger partial charge on any atom is -0.457 e. The average molecular weight is 279 g/mol.